The minimum Gasteiger partial charge on any atom is -0.192 e. The number of fused-ring (bicyclic) bond motifs is 4. The summed E-state index contributed by atoms with van der Waals surface area (Å²) in [5, 5.41) is 43.4. The zero-order chi connectivity index (χ0) is 18.3. The molecule has 6 heteroatoms. The third kappa shape index (κ3) is 2.02. The van der Waals surface area contributed by atoms with E-state index in [1.54, 1.807) is 0 Å². The van der Waals surface area contributed by atoms with E-state index in [4.69, 9.17) is 0 Å². The van der Waals surface area contributed by atoms with E-state index in [1.165, 1.54) is 22.7 Å². The Kier molecular flexibility index (Phi) is 3.65. The smallest absolute Gasteiger partial charge is 0.139 e. The number of hydrogen-bond acceptors (Lipinski definition) is 6. The van der Waals surface area contributed by atoms with Gasteiger partial charge in [-0.1, -0.05) is 18.2 Å². The molecule has 118 valence electrons. The van der Waals surface area contributed by atoms with Gasteiger partial charge in [0, 0.05) is 40.7 Å². The van der Waals surface area contributed by atoms with Crippen LogP contribution in [0.2, 0.25) is 0 Å². The van der Waals surface area contributed by atoms with Crippen LogP contribution < -0.4 is 10.4 Å². The Morgan fingerprint density at radius 3 is 2.08 bits per heavy atom. The van der Waals surface area contributed by atoms with Crippen LogP contribution in [0.1, 0.15) is 0 Å². The molecule has 0 bridgehead atoms. The fraction of sp³-hybridized carbons (Fsp3) is 0. The average Bonchev–Trinajstić information content (AvgIpc) is 3.29. The molecule has 0 radical (unpaired) electrons. The van der Waals surface area contributed by atoms with Crippen LogP contribution in [0.5, 0.6) is 0 Å². The Morgan fingerprint density at radius 1 is 0.731 bits per heavy atom. The van der Waals surface area contributed by atoms with Crippen molar-refractivity contribution in [3.63, 3.8) is 0 Å². The predicted octanol–water partition coefficient (Wildman–Crippen LogP) is 3.66. The minimum atomic E-state index is 0.0315. The summed E-state index contributed by atoms with van der Waals surface area (Å²) in [6.07, 6.45) is 0. The molecule has 0 aliphatic rings. The molecule has 2 heterocycles. The molecule has 4 rings (SSSR count). The molecule has 0 saturated heterocycles. The summed E-state index contributed by atoms with van der Waals surface area (Å²) in [6, 6.07) is 17.5. The maximum Gasteiger partial charge on any atom is 0.139 e. The van der Waals surface area contributed by atoms with E-state index in [-0.39, 0.29) is 11.1 Å². The molecule has 0 amide bonds. The highest BCUT2D eigenvalue weighted by molar-refractivity contribution is 7.26. The van der Waals surface area contributed by atoms with Gasteiger partial charge in [0.2, 0.25) is 0 Å². The van der Waals surface area contributed by atoms with Crippen LogP contribution in [-0.4, -0.2) is 0 Å². The molecule has 0 aliphatic carbocycles. The molecule has 4 nitrogen and oxygen atoms in total. The van der Waals surface area contributed by atoms with Crippen LogP contribution in [0.3, 0.4) is 0 Å². The second-order valence-corrected chi connectivity index (χ2v) is 7.38. The van der Waals surface area contributed by atoms with Crippen molar-refractivity contribution in [1.82, 2.24) is 0 Å². The fourth-order valence-corrected chi connectivity index (χ4v) is 5.46. The monoisotopic (exact) mass is 366 g/mol. The van der Waals surface area contributed by atoms with E-state index in [0.717, 1.165) is 30.3 Å². The summed E-state index contributed by atoms with van der Waals surface area (Å²) in [6.45, 7) is 0. The molecule has 26 heavy (non-hydrogen) atoms. The highest BCUT2D eigenvalue weighted by atomic mass is 32.1. The molecular formula is C20H6N4S2. The number of benzene rings is 2. The van der Waals surface area contributed by atoms with Crippen molar-refractivity contribution in [2.75, 3.05) is 0 Å². The molecule has 2 aromatic heterocycles. The van der Waals surface area contributed by atoms with Crippen molar-refractivity contribution >= 4 is 64.1 Å². The Balaban J connectivity index is 2.61. The van der Waals surface area contributed by atoms with Crippen molar-refractivity contribution in [3.05, 3.63) is 46.1 Å². The Labute approximate surface area is 155 Å². The molecule has 0 fully saturated rings. The summed E-state index contributed by atoms with van der Waals surface area (Å²) in [4.78, 5) is 0. The van der Waals surface area contributed by atoms with Gasteiger partial charge < -0.3 is 0 Å². The van der Waals surface area contributed by atoms with Gasteiger partial charge in [0.15, 0.2) is 0 Å². The molecular weight excluding hydrogens is 360 g/mol. The van der Waals surface area contributed by atoms with Gasteiger partial charge in [-0.2, -0.15) is 21.0 Å². The first-order valence-corrected chi connectivity index (χ1v) is 9.14. The molecule has 0 spiro atoms. The summed E-state index contributed by atoms with van der Waals surface area (Å²) < 4.78 is 2.49. The zero-order valence-corrected chi connectivity index (χ0v) is 14.7. The third-order valence-electron chi connectivity index (χ3n) is 4.18. The summed E-state index contributed by atoms with van der Waals surface area (Å²) in [7, 11) is 0. The van der Waals surface area contributed by atoms with E-state index in [9.17, 15) is 21.0 Å². The van der Waals surface area contributed by atoms with Crippen LogP contribution in [0, 0.1) is 45.3 Å². The lowest BCUT2D eigenvalue weighted by Gasteiger charge is -2.01. The summed E-state index contributed by atoms with van der Waals surface area (Å²) >= 11 is 2.87. The first-order valence-electron chi connectivity index (χ1n) is 7.44. The maximum absolute atomic E-state index is 9.50. The van der Waals surface area contributed by atoms with Gasteiger partial charge in [-0.15, -0.1) is 22.7 Å². The molecule has 0 saturated carbocycles. The van der Waals surface area contributed by atoms with Crippen LogP contribution in [0.4, 0.5) is 0 Å². The summed E-state index contributed by atoms with van der Waals surface area (Å²) in [5.41, 5.74) is 0.0694. The van der Waals surface area contributed by atoms with E-state index < -0.39 is 0 Å². The molecule has 4 aromatic rings. The van der Waals surface area contributed by atoms with Gasteiger partial charge in [0.1, 0.15) is 35.4 Å². The Bertz CT molecular complexity index is 1490. The second kappa shape index (κ2) is 5.99. The highest BCUT2D eigenvalue weighted by Gasteiger charge is 2.17. The molecule has 0 unspecified atom stereocenters. The molecule has 2 aromatic carbocycles. The van der Waals surface area contributed by atoms with Gasteiger partial charge in [0.25, 0.3) is 0 Å². The van der Waals surface area contributed by atoms with Crippen molar-refractivity contribution in [2.45, 2.75) is 0 Å². The first kappa shape index (κ1) is 15.8. The van der Waals surface area contributed by atoms with Gasteiger partial charge in [0.05, 0.1) is 0 Å². The van der Waals surface area contributed by atoms with Gasteiger partial charge >= 0.3 is 0 Å². The van der Waals surface area contributed by atoms with Crippen LogP contribution in [0.25, 0.3) is 41.4 Å². The first-order chi connectivity index (χ1) is 12.7. The fourth-order valence-electron chi connectivity index (χ4n) is 3.17. The lowest BCUT2D eigenvalue weighted by Crippen LogP contribution is -2.15. The maximum atomic E-state index is 9.50. The van der Waals surface area contributed by atoms with Crippen molar-refractivity contribution in [2.24, 2.45) is 0 Å². The predicted molar refractivity (Wildman–Crippen MR) is 103 cm³/mol. The number of rotatable bonds is 0. The van der Waals surface area contributed by atoms with Crippen molar-refractivity contribution in [3.8, 4) is 24.3 Å². The number of nitriles is 4. The normalized spacial score (nSPS) is 10.2. The molecule has 0 aliphatic heterocycles. The van der Waals surface area contributed by atoms with Crippen molar-refractivity contribution in [1.29, 1.82) is 21.0 Å². The lowest BCUT2D eigenvalue weighted by atomic mass is 10.0. The van der Waals surface area contributed by atoms with E-state index in [1.807, 2.05) is 60.0 Å². The van der Waals surface area contributed by atoms with Crippen molar-refractivity contribution < 1.29 is 0 Å². The van der Waals surface area contributed by atoms with E-state index >= 15 is 0 Å². The SMILES string of the molecule is N#CC(C#N)=c1c2sccc2c(=C(C#N)C#N)c2c1sc1ccccc12. The second-order valence-electron chi connectivity index (χ2n) is 5.41. The number of hydrogen-bond donors (Lipinski definition) is 0. The van der Waals surface area contributed by atoms with Gasteiger partial charge in [-0.25, -0.2) is 0 Å². The largest absolute Gasteiger partial charge is 0.192 e. The van der Waals surface area contributed by atoms with Gasteiger partial charge in [-0.05, 0) is 17.5 Å². The third-order valence-corrected chi connectivity index (χ3v) is 6.30. The average molecular weight is 366 g/mol. The zero-order valence-electron chi connectivity index (χ0n) is 13.1. The number of thiophene rings is 2. The topological polar surface area (TPSA) is 95.2 Å². The van der Waals surface area contributed by atoms with E-state index in [0.29, 0.717) is 10.4 Å². The van der Waals surface area contributed by atoms with E-state index in [2.05, 4.69) is 0 Å². The lowest BCUT2D eigenvalue weighted by molar-refractivity contribution is 1.50. The summed E-state index contributed by atoms with van der Waals surface area (Å²) in [5.74, 6) is 0. The quantitative estimate of drug-likeness (QED) is 0.474. The van der Waals surface area contributed by atoms with Crippen LogP contribution >= 0.6 is 22.7 Å². The number of nitrogens with zero attached hydrogens (tertiary/aromatic N) is 4. The Morgan fingerprint density at radius 2 is 1.38 bits per heavy atom. The molecule has 0 N–H and O–H groups in total. The van der Waals surface area contributed by atoms with Crippen LogP contribution in [0.15, 0.2) is 35.7 Å². The van der Waals surface area contributed by atoms with Gasteiger partial charge in [-0.3, -0.25) is 0 Å². The Hall–Kier alpha value is -3.68. The molecule has 0 atom stereocenters. The minimum absolute atomic E-state index is 0.0315. The standard InChI is InChI=1S/C20H6N4S2/c21-7-11(8-22)16-14-5-6-25-19(14)17(12(9-23)10-24)20-18(16)13-3-1-2-4-15(13)26-20/h1-6H. The van der Waals surface area contributed by atoms with Crippen LogP contribution in [-0.2, 0) is 0 Å². The highest BCUT2D eigenvalue weighted by Crippen LogP contribution is 2.33.